The third-order valence-electron chi connectivity index (χ3n) is 12.2. The molecule has 10 nitrogen and oxygen atoms in total. The normalized spacial score (nSPS) is 24.0. The van der Waals surface area contributed by atoms with Gasteiger partial charge in [-0.25, -0.2) is 19.9 Å². The van der Waals surface area contributed by atoms with Gasteiger partial charge in [0, 0.05) is 26.9 Å². The van der Waals surface area contributed by atoms with Gasteiger partial charge in [-0.2, -0.15) is 26.3 Å². The molecule has 2 atom stereocenters. The third-order valence-corrected chi connectivity index (χ3v) is 12.2. The zero-order chi connectivity index (χ0) is 41.8. The van der Waals surface area contributed by atoms with E-state index in [4.69, 9.17) is 0 Å². The Labute approximate surface area is 332 Å². The summed E-state index contributed by atoms with van der Waals surface area (Å²) in [6, 6.07) is 10.4. The fourth-order valence-corrected chi connectivity index (χ4v) is 8.14. The zero-order valence-corrected chi connectivity index (χ0v) is 33.1. The molecule has 0 saturated heterocycles. The van der Waals surface area contributed by atoms with Gasteiger partial charge in [0.2, 0.25) is 11.8 Å². The van der Waals surface area contributed by atoms with Crippen LogP contribution in [-0.4, -0.2) is 57.9 Å². The van der Waals surface area contributed by atoms with Gasteiger partial charge in [0.25, 0.3) is 0 Å². The smallest absolute Gasteiger partial charge is 0.346 e. The SMILES string of the molecule is Cc1nc(CC2CC(c3ccc(C(F)(F)F)cc3)C2)nc2c1NC(=O)[C@H](C)N2C.Cc1nc(CC2CC(c3ccc(C(F)(F)F)cc3)C2)nc2c1NC(=O)[C@H](C)N2C. The van der Waals surface area contributed by atoms with Crippen molar-refractivity contribution in [2.24, 2.45) is 11.8 Å². The van der Waals surface area contributed by atoms with E-state index in [0.29, 0.717) is 23.2 Å². The van der Waals surface area contributed by atoms with Crippen LogP contribution in [0.1, 0.15) is 96.7 Å². The van der Waals surface area contributed by atoms with Gasteiger partial charge in [0.1, 0.15) is 35.1 Å². The van der Waals surface area contributed by atoms with Crippen LogP contribution >= 0.6 is 0 Å². The lowest BCUT2D eigenvalue weighted by atomic mass is 9.70. The predicted molar refractivity (Wildman–Crippen MR) is 208 cm³/mol. The van der Waals surface area contributed by atoms with E-state index in [9.17, 15) is 35.9 Å². The van der Waals surface area contributed by atoms with Gasteiger partial charge >= 0.3 is 12.4 Å². The highest BCUT2D eigenvalue weighted by Crippen LogP contribution is 2.45. The topological polar surface area (TPSA) is 116 Å². The van der Waals surface area contributed by atoms with E-state index < -0.39 is 23.5 Å². The number of likely N-dealkylation sites (N-methyl/N-ethyl adjacent to an activating group) is 2. The van der Waals surface area contributed by atoms with Gasteiger partial charge in [-0.3, -0.25) is 9.59 Å². The minimum atomic E-state index is -4.30. The second kappa shape index (κ2) is 15.5. The number of alkyl halides is 6. The summed E-state index contributed by atoms with van der Waals surface area (Å²) in [5.41, 5.74) is 3.50. The van der Waals surface area contributed by atoms with Gasteiger partial charge in [0.05, 0.1) is 22.5 Å². The molecule has 16 heteroatoms. The number of aryl methyl sites for hydroxylation is 2. The van der Waals surface area contributed by atoms with Crippen molar-refractivity contribution in [1.29, 1.82) is 0 Å². The van der Waals surface area contributed by atoms with E-state index >= 15 is 0 Å². The number of nitrogens with one attached hydrogen (secondary N) is 2. The fourth-order valence-electron chi connectivity index (χ4n) is 8.14. The Morgan fingerprint density at radius 3 is 1.22 bits per heavy atom. The van der Waals surface area contributed by atoms with Gasteiger partial charge in [0.15, 0.2) is 11.6 Å². The van der Waals surface area contributed by atoms with Crippen LogP contribution in [-0.2, 0) is 34.8 Å². The molecule has 2 aliphatic carbocycles. The number of carbonyl (C=O) groups is 2. The van der Waals surface area contributed by atoms with Crippen LogP contribution in [0.3, 0.4) is 0 Å². The van der Waals surface area contributed by atoms with Gasteiger partial charge < -0.3 is 20.4 Å². The molecule has 308 valence electrons. The zero-order valence-electron chi connectivity index (χ0n) is 33.1. The Kier molecular flexibility index (Phi) is 10.9. The van der Waals surface area contributed by atoms with E-state index in [-0.39, 0.29) is 35.7 Å². The Bertz CT molecular complexity index is 2030. The molecule has 2 fully saturated rings. The highest BCUT2D eigenvalue weighted by Gasteiger charge is 2.37. The van der Waals surface area contributed by atoms with E-state index in [2.05, 4.69) is 30.6 Å². The van der Waals surface area contributed by atoms with Gasteiger partial charge in [-0.15, -0.1) is 0 Å². The lowest BCUT2D eigenvalue weighted by Gasteiger charge is -2.36. The van der Waals surface area contributed by atoms with Crippen molar-refractivity contribution in [3.63, 3.8) is 0 Å². The van der Waals surface area contributed by atoms with Crippen LogP contribution in [0, 0.1) is 25.7 Å². The number of amides is 2. The van der Waals surface area contributed by atoms with Crippen molar-refractivity contribution < 1.29 is 35.9 Å². The van der Waals surface area contributed by atoms with Crippen molar-refractivity contribution >= 4 is 34.8 Å². The number of rotatable bonds is 6. The highest BCUT2D eigenvalue weighted by molar-refractivity contribution is 6.03. The monoisotopic (exact) mass is 808 g/mol. The number of halogens is 6. The second-order valence-corrected chi connectivity index (χ2v) is 16.1. The van der Waals surface area contributed by atoms with Gasteiger partial charge in [-0.05, 0) is 112 Å². The van der Waals surface area contributed by atoms with Crippen molar-refractivity contribution in [1.82, 2.24) is 19.9 Å². The number of benzene rings is 2. The van der Waals surface area contributed by atoms with Crippen molar-refractivity contribution in [3.05, 3.63) is 93.8 Å². The second-order valence-electron chi connectivity index (χ2n) is 16.1. The molecule has 2 aromatic heterocycles. The van der Waals surface area contributed by atoms with E-state index in [1.165, 1.54) is 0 Å². The van der Waals surface area contributed by atoms with E-state index in [0.717, 1.165) is 109 Å². The summed E-state index contributed by atoms with van der Waals surface area (Å²) in [6.07, 6.45) is -3.51. The van der Waals surface area contributed by atoms with Crippen molar-refractivity contribution in [3.8, 4) is 0 Å². The maximum absolute atomic E-state index is 12.7. The third kappa shape index (κ3) is 8.33. The molecule has 2 N–H and O–H groups in total. The number of nitrogens with zero attached hydrogens (tertiary/aromatic N) is 6. The lowest BCUT2D eigenvalue weighted by molar-refractivity contribution is -0.138. The molecule has 0 radical (unpaired) electrons. The standard InChI is InChI=1S/2C21H23F3N4O/c2*1-11-18-19(28(3)12(2)20(29)27-18)26-17(25-11)10-13-8-15(9-13)14-4-6-16(7-5-14)21(22,23)24/h2*4-7,12-13,15H,8-10H2,1-3H3,(H,27,29)/t2*12-,13?,15?/m00/s1. The lowest BCUT2D eigenvalue weighted by Crippen LogP contribution is -2.45. The summed E-state index contributed by atoms with van der Waals surface area (Å²) in [5.74, 6) is 4.18. The van der Waals surface area contributed by atoms with Crippen LogP contribution in [0.5, 0.6) is 0 Å². The molecule has 2 aliphatic heterocycles. The molecule has 0 unspecified atom stereocenters. The van der Waals surface area contributed by atoms with Crippen molar-refractivity contribution in [2.75, 3.05) is 34.5 Å². The average Bonchev–Trinajstić information content (AvgIpc) is 3.13. The molecule has 4 aromatic rings. The minimum absolute atomic E-state index is 0.0715. The molecular weight excluding hydrogens is 763 g/mol. The summed E-state index contributed by atoms with van der Waals surface area (Å²) in [4.78, 5) is 46.2. The van der Waals surface area contributed by atoms with Crippen LogP contribution in [0.25, 0.3) is 0 Å². The summed E-state index contributed by atoms with van der Waals surface area (Å²) in [7, 11) is 3.70. The Balaban J connectivity index is 0.000000177. The molecular formula is C42H46F6N8O2. The first kappa shape index (κ1) is 40.9. The summed E-state index contributed by atoms with van der Waals surface area (Å²) in [5, 5.41) is 5.75. The maximum atomic E-state index is 12.7. The molecule has 2 aromatic carbocycles. The first-order chi connectivity index (χ1) is 27.3. The molecule has 8 rings (SSSR count). The number of hydrogen-bond donors (Lipinski definition) is 2. The number of fused-ring (bicyclic) bond motifs is 2. The van der Waals surface area contributed by atoms with Crippen molar-refractivity contribution in [2.45, 2.75) is 102 Å². The summed E-state index contributed by atoms with van der Waals surface area (Å²) < 4.78 is 76.2. The Hall–Kier alpha value is -5.28. The highest BCUT2D eigenvalue weighted by atomic mass is 19.4. The fraction of sp³-hybridized carbons (Fsp3) is 0.476. The Morgan fingerprint density at radius 1 is 0.586 bits per heavy atom. The molecule has 0 spiro atoms. The number of aromatic nitrogens is 4. The molecule has 0 bridgehead atoms. The maximum Gasteiger partial charge on any atom is 0.416 e. The first-order valence-corrected chi connectivity index (χ1v) is 19.4. The van der Waals surface area contributed by atoms with E-state index in [1.807, 2.05) is 51.6 Å². The minimum Gasteiger partial charge on any atom is -0.346 e. The number of carbonyl (C=O) groups excluding carboxylic acids is 2. The van der Waals surface area contributed by atoms with Crippen LogP contribution in [0.15, 0.2) is 48.5 Å². The predicted octanol–water partition coefficient (Wildman–Crippen LogP) is 8.63. The Morgan fingerprint density at radius 2 is 0.914 bits per heavy atom. The molecule has 58 heavy (non-hydrogen) atoms. The average molecular weight is 809 g/mol. The summed E-state index contributed by atoms with van der Waals surface area (Å²) in [6.45, 7) is 7.38. The van der Waals surface area contributed by atoms with Crippen LogP contribution in [0.4, 0.5) is 49.4 Å². The molecule has 2 amide bonds. The molecule has 4 aliphatic rings. The summed E-state index contributed by atoms with van der Waals surface area (Å²) >= 11 is 0. The van der Waals surface area contributed by atoms with Gasteiger partial charge in [-0.1, -0.05) is 24.3 Å². The first-order valence-electron chi connectivity index (χ1n) is 19.4. The molecule has 2 saturated carbocycles. The largest absolute Gasteiger partial charge is 0.416 e. The quantitative estimate of drug-likeness (QED) is 0.186. The number of anilines is 4. The molecule has 4 heterocycles. The van der Waals surface area contributed by atoms with Crippen LogP contribution < -0.4 is 20.4 Å². The van der Waals surface area contributed by atoms with Crippen LogP contribution in [0.2, 0.25) is 0 Å². The number of hydrogen-bond acceptors (Lipinski definition) is 8. The van der Waals surface area contributed by atoms with E-state index in [1.54, 1.807) is 24.3 Å².